The number of rotatable bonds is 8. The van der Waals surface area contributed by atoms with Crippen LogP contribution in [0.4, 0.5) is 0 Å². The van der Waals surface area contributed by atoms with Gasteiger partial charge in [-0.25, -0.2) is 0 Å². The van der Waals surface area contributed by atoms with Gasteiger partial charge in [-0.3, -0.25) is 0 Å². The summed E-state index contributed by atoms with van der Waals surface area (Å²) in [6, 6.07) is 0. The Bertz CT molecular complexity index is 218. The molecule has 1 aliphatic heterocycles. The number of likely N-dealkylation sites (tertiary alicyclic amines) is 1. The molecule has 0 radical (unpaired) electrons. The van der Waals surface area contributed by atoms with Gasteiger partial charge < -0.3 is 20.1 Å². The van der Waals surface area contributed by atoms with Crippen LogP contribution in [0.5, 0.6) is 0 Å². The van der Waals surface area contributed by atoms with Crippen molar-refractivity contribution in [2.75, 3.05) is 39.9 Å². The largest absolute Gasteiger partial charge is 0.394 e. The Morgan fingerprint density at radius 1 is 1.50 bits per heavy atom. The smallest absolute Gasteiger partial charge is 0.0702 e. The molecule has 0 saturated carbocycles. The molecule has 0 bridgehead atoms. The maximum Gasteiger partial charge on any atom is 0.0702 e. The molecule has 0 aromatic heterocycles. The molecule has 108 valence electrons. The van der Waals surface area contributed by atoms with Crippen molar-refractivity contribution in [3.8, 4) is 0 Å². The van der Waals surface area contributed by atoms with Crippen molar-refractivity contribution >= 4 is 0 Å². The third-order valence-corrected chi connectivity index (χ3v) is 4.02. The average molecular weight is 258 g/mol. The predicted octanol–water partition coefficient (Wildman–Crippen LogP) is 1.24. The van der Waals surface area contributed by atoms with Gasteiger partial charge in [0.05, 0.1) is 12.7 Å². The highest BCUT2D eigenvalue weighted by Crippen LogP contribution is 2.16. The summed E-state index contributed by atoms with van der Waals surface area (Å²) >= 11 is 0. The van der Waals surface area contributed by atoms with Gasteiger partial charge in [0.25, 0.3) is 0 Å². The van der Waals surface area contributed by atoms with E-state index in [1.807, 2.05) is 7.05 Å². The third-order valence-electron chi connectivity index (χ3n) is 4.02. The SMILES string of the molecule is CCOC1CCCN(CCCC(C)(CO)NC)C1. The van der Waals surface area contributed by atoms with Gasteiger partial charge in [-0.15, -0.1) is 0 Å². The number of aliphatic hydroxyl groups excluding tert-OH is 1. The minimum absolute atomic E-state index is 0.130. The molecule has 1 fully saturated rings. The second kappa shape index (κ2) is 8.10. The predicted molar refractivity (Wildman–Crippen MR) is 74.9 cm³/mol. The molecule has 1 saturated heterocycles. The van der Waals surface area contributed by atoms with Crippen molar-refractivity contribution in [1.29, 1.82) is 0 Å². The summed E-state index contributed by atoms with van der Waals surface area (Å²) in [6.45, 7) is 8.54. The first-order valence-electron chi connectivity index (χ1n) is 7.27. The summed E-state index contributed by atoms with van der Waals surface area (Å²) in [5.41, 5.74) is -0.130. The topological polar surface area (TPSA) is 44.7 Å². The summed E-state index contributed by atoms with van der Waals surface area (Å²) < 4.78 is 5.71. The summed E-state index contributed by atoms with van der Waals surface area (Å²) in [5.74, 6) is 0. The van der Waals surface area contributed by atoms with Crippen molar-refractivity contribution in [2.24, 2.45) is 0 Å². The third kappa shape index (κ3) is 5.22. The van der Waals surface area contributed by atoms with Crippen molar-refractivity contribution < 1.29 is 9.84 Å². The van der Waals surface area contributed by atoms with Crippen molar-refractivity contribution in [3.63, 3.8) is 0 Å². The second-order valence-electron chi connectivity index (χ2n) is 5.59. The normalized spacial score (nSPS) is 25.0. The molecule has 18 heavy (non-hydrogen) atoms. The zero-order chi connectivity index (χ0) is 13.4. The monoisotopic (exact) mass is 258 g/mol. The Morgan fingerprint density at radius 2 is 2.28 bits per heavy atom. The molecule has 4 heteroatoms. The standard InChI is InChI=1S/C14H30N2O2/c1-4-18-13-7-5-9-16(11-13)10-6-8-14(2,12-17)15-3/h13,15,17H,4-12H2,1-3H3. The number of hydrogen-bond donors (Lipinski definition) is 2. The van der Waals surface area contributed by atoms with Crippen LogP contribution in [0.2, 0.25) is 0 Å². The van der Waals surface area contributed by atoms with Gasteiger partial charge >= 0.3 is 0 Å². The van der Waals surface area contributed by atoms with Crippen molar-refractivity contribution in [1.82, 2.24) is 10.2 Å². The molecule has 1 heterocycles. The van der Waals surface area contributed by atoms with Gasteiger partial charge in [-0.1, -0.05) is 0 Å². The fraction of sp³-hybridized carbons (Fsp3) is 1.00. The minimum Gasteiger partial charge on any atom is -0.394 e. The summed E-state index contributed by atoms with van der Waals surface area (Å²) in [5, 5.41) is 12.5. The first kappa shape index (κ1) is 15.9. The Balaban J connectivity index is 2.22. The van der Waals surface area contributed by atoms with Crippen LogP contribution in [0.1, 0.15) is 39.5 Å². The zero-order valence-electron chi connectivity index (χ0n) is 12.2. The fourth-order valence-corrected chi connectivity index (χ4v) is 2.56. The first-order valence-corrected chi connectivity index (χ1v) is 7.27. The van der Waals surface area contributed by atoms with Gasteiger partial charge in [0, 0.05) is 18.7 Å². The average Bonchev–Trinajstić information content (AvgIpc) is 2.39. The van der Waals surface area contributed by atoms with Crippen LogP contribution in [0, 0.1) is 0 Å². The number of aliphatic hydroxyl groups is 1. The van der Waals surface area contributed by atoms with E-state index in [4.69, 9.17) is 4.74 Å². The first-order chi connectivity index (χ1) is 8.63. The molecule has 0 spiro atoms. The number of nitrogens with one attached hydrogen (secondary N) is 1. The zero-order valence-corrected chi connectivity index (χ0v) is 12.2. The van der Waals surface area contributed by atoms with E-state index in [2.05, 4.69) is 24.1 Å². The molecule has 4 nitrogen and oxygen atoms in total. The Morgan fingerprint density at radius 3 is 2.89 bits per heavy atom. The quantitative estimate of drug-likeness (QED) is 0.687. The van der Waals surface area contributed by atoms with E-state index in [0.29, 0.717) is 6.10 Å². The maximum absolute atomic E-state index is 9.34. The van der Waals surface area contributed by atoms with Crippen LogP contribution in [0.3, 0.4) is 0 Å². The molecule has 2 atom stereocenters. The minimum atomic E-state index is -0.130. The summed E-state index contributed by atoms with van der Waals surface area (Å²) in [7, 11) is 1.92. The fourth-order valence-electron chi connectivity index (χ4n) is 2.56. The summed E-state index contributed by atoms with van der Waals surface area (Å²) in [6.07, 6.45) is 5.01. The lowest BCUT2D eigenvalue weighted by atomic mass is 9.96. The molecular formula is C14H30N2O2. The van der Waals surface area contributed by atoms with Crippen LogP contribution in [0.25, 0.3) is 0 Å². The van der Waals surface area contributed by atoms with E-state index in [9.17, 15) is 5.11 Å². The van der Waals surface area contributed by atoms with Gasteiger partial charge in [-0.2, -0.15) is 0 Å². The van der Waals surface area contributed by atoms with Crippen LogP contribution in [-0.4, -0.2) is 61.5 Å². The van der Waals surface area contributed by atoms with Gasteiger partial charge in [-0.05, 0) is 59.7 Å². The lowest BCUT2D eigenvalue weighted by Gasteiger charge is -2.33. The van der Waals surface area contributed by atoms with Crippen LogP contribution in [-0.2, 0) is 4.74 Å². The molecule has 0 aromatic rings. The van der Waals surface area contributed by atoms with E-state index in [1.165, 1.54) is 19.4 Å². The number of ether oxygens (including phenoxy) is 1. The Labute approximate surface area is 112 Å². The van der Waals surface area contributed by atoms with E-state index in [1.54, 1.807) is 0 Å². The molecule has 2 unspecified atom stereocenters. The van der Waals surface area contributed by atoms with E-state index < -0.39 is 0 Å². The number of likely N-dealkylation sites (N-methyl/N-ethyl adjacent to an activating group) is 1. The highest BCUT2D eigenvalue weighted by Gasteiger charge is 2.23. The molecule has 2 N–H and O–H groups in total. The van der Waals surface area contributed by atoms with Gasteiger partial charge in [0.2, 0.25) is 0 Å². The highest BCUT2D eigenvalue weighted by atomic mass is 16.5. The maximum atomic E-state index is 9.34. The molecule has 0 amide bonds. The molecular weight excluding hydrogens is 228 g/mol. The van der Waals surface area contributed by atoms with Crippen LogP contribution in [0.15, 0.2) is 0 Å². The molecule has 1 rings (SSSR count). The number of hydrogen-bond acceptors (Lipinski definition) is 4. The lowest BCUT2D eigenvalue weighted by molar-refractivity contribution is 0.00490. The lowest BCUT2D eigenvalue weighted by Crippen LogP contribution is -2.45. The van der Waals surface area contributed by atoms with Gasteiger partial charge in [0.1, 0.15) is 0 Å². The van der Waals surface area contributed by atoms with Crippen LogP contribution < -0.4 is 5.32 Å². The van der Waals surface area contributed by atoms with Crippen LogP contribution >= 0.6 is 0 Å². The molecule has 0 aliphatic carbocycles. The van der Waals surface area contributed by atoms with E-state index in [0.717, 1.165) is 32.5 Å². The second-order valence-corrected chi connectivity index (χ2v) is 5.59. The molecule has 0 aromatic carbocycles. The Kier molecular flexibility index (Phi) is 7.15. The van der Waals surface area contributed by atoms with Crippen molar-refractivity contribution in [2.45, 2.75) is 51.2 Å². The number of nitrogens with zero attached hydrogens (tertiary/aromatic N) is 1. The van der Waals surface area contributed by atoms with E-state index >= 15 is 0 Å². The summed E-state index contributed by atoms with van der Waals surface area (Å²) in [4.78, 5) is 2.50. The number of piperidine rings is 1. The molecule has 1 aliphatic rings. The Hall–Kier alpha value is -0.160. The van der Waals surface area contributed by atoms with E-state index in [-0.39, 0.29) is 12.1 Å². The highest BCUT2D eigenvalue weighted by molar-refractivity contribution is 4.81. The van der Waals surface area contributed by atoms with Gasteiger partial charge in [0.15, 0.2) is 0 Å². The van der Waals surface area contributed by atoms with Crippen molar-refractivity contribution in [3.05, 3.63) is 0 Å².